The average Bonchev–Trinajstić information content (AvgIpc) is 2.17. The quantitative estimate of drug-likeness (QED) is 0.680. The zero-order valence-electron chi connectivity index (χ0n) is 8.58. The van der Waals surface area contributed by atoms with Gasteiger partial charge in [-0.25, -0.2) is 0 Å². The molecule has 0 aliphatic carbocycles. The third-order valence-electron chi connectivity index (χ3n) is 2.84. The molecule has 0 aromatic heterocycles. The van der Waals surface area contributed by atoms with E-state index in [0.717, 1.165) is 12.7 Å². The van der Waals surface area contributed by atoms with E-state index in [1.807, 2.05) is 12.1 Å². The fraction of sp³-hybridized carbons (Fsp3) is 0.417. The molecule has 1 aromatic rings. The molecule has 1 atom stereocenters. The summed E-state index contributed by atoms with van der Waals surface area (Å²) in [6, 6.07) is 8.27. The van der Waals surface area contributed by atoms with Gasteiger partial charge in [-0.05, 0) is 31.4 Å². The summed E-state index contributed by atoms with van der Waals surface area (Å²) < 4.78 is 0. The number of aldehydes is 1. The van der Waals surface area contributed by atoms with Crippen molar-refractivity contribution in [2.45, 2.75) is 31.8 Å². The summed E-state index contributed by atoms with van der Waals surface area (Å²) in [6.07, 6.45) is 1.81. The van der Waals surface area contributed by atoms with Crippen molar-refractivity contribution in [3.8, 4) is 0 Å². The minimum absolute atomic E-state index is 0.0418. The van der Waals surface area contributed by atoms with Crippen molar-refractivity contribution in [3.63, 3.8) is 0 Å². The molecule has 1 aliphatic heterocycles. The van der Waals surface area contributed by atoms with Crippen molar-refractivity contribution < 1.29 is 4.79 Å². The monoisotopic (exact) mass is 189 g/mol. The predicted octanol–water partition coefficient (Wildman–Crippen LogP) is 1.63. The van der Waals surface area contributed by atoms with Gasteiger partial charge < -0.3 is 4.79 Å². The van der Waals surface area contributed by atoms with Crippen LogP contribution in [0.25, 0.3) is 0 Å². The summed E-state index contributed by atoms with van der Waals surface area (Å²) >= 11 is 0. The molecule has 74 valence electrons. The Balaban J connectivity index is 2.46. The van der Waals surface area contributed by atoms with E-state index in [2.05, 4.69) is 31.3 Å². The molecule has 0 saturated heterocycles. The van der Waals surface area contributed by atoms with E-state index < -0.39 is 0 Å². The maximum absolute atomic E-state index is 10.8. The number of carbonyl (C=O) groups is 1. The van der Waals surface area contributed by atoms with Gasteiger partial charge in [0.15, 0.2) is 0 Å². The van der Waals surface area contributed by atoms with Crippen LogP contribution in [-0.2, 0) is 16.8 Å². The van der Waals surface area contributed by atoms with Crippen LogP contribution in [-0.4, -0.2) is 12.3 Å². The number of hydrogen-bond donors (Lipinski definition) is 1. The van der Waals surface area contributed by atoms with E-state index in [-0.39, 0.29) is 11.6 Å². The number of fused-ring (bicyclic) bond motifs is 1. The Kier molecular flexibility index (Phi) is 2.16. The van der Waals surface area contributed by atoms with Crippen LogP contribution in [0.5, 0.6) is 0 Å². The Bertz CT molecular complexity index is 357. The fourth-order valence-corrected chi connectivity index (χ4v) is 2.22. The first kappa shape index (κ1) is 9.41. The molecule has 0 radical (unpaired) electrons. The number of benzene rings is 1. The van der Waals surface area contributed by atoms with Crippen molar-refractivity contribution in [2.75, 3.05) is 0 Å². The fourth-order valence-electron chi connectivity index (χ4n) is 2.22. The van der Waals surface area contributed by atoms with Gasteiger partial charge in [0.25, 0.3) is 0 Å². The maximum atomic E-state index is 10.8. The molecule has 0 amide bonds. The largest absolute Gasteiger partial charge is 0.302 e. The van der Waals surface area contributed by atoms with E-state index in [9.17, 15) is 4.79 Å². The lowest BCUT2D eigenvalue weighted by atomic mass is 9.83. The van der Waals surface area contributed by atoms with E-state index in [1.54, 1.807) is 0 Å². The summed E-state index contributed by atoms with van der Waals surface area (Å²) in [4.78, 5) is 10.8. The average molecular weight is 189 g/mol. The van der Waals surface area contributed by atoms with Gasteiger partial charge in [-0.1, -0.05) is 24.3 Å². The third kappa shape index (κ3) is 1.46. The van der Waals surface area contributed by atoms with Crippen molar-refractivity contribution in [1.29, 1.82) is 0 Å². The van der Waals surface area contributed by atoms with Crippen molar-refractivity contribution in [2.24, 2.45) is 0 Å². The molecule has 0 bridgehead atoms. The Morgan fingerprint density at radius 1 is 1.43 bits per heavy atom. The summed E-state index contributed by atoms with van der Waals surface area (Å²) in [7, 11) is 0. The minimum Gasteiger partial charge on any atom is -0.302 e. The summed E-state index contributed by atoms with van der Waals surface area (Å²) in [6.45, 7) is 4.23. The summed E-state index contributed by atoms with van der Waals surface area (Å²) in [5.74, 6) is 0. The molecule has 14 heavy (non-hydrogen) atoms. The third-order valence-corrected chi connectivity index (χ3v) is 2.84. The highest BCUT2D eigenvalue weighted by Gasteiger charge is 2.31. The van der Waals surface area contributed by atoms with Crippen LogP contribution in [0, 0.1) is 0 Å². The molecule has 2 heteroatoms. The second-order valence-electron chi connectivity index (χ2n) is 4.37. The topological polar surface area (TPSA) is 29.1 Å². The Hall–Kier alpha value is -1.15. The van der Waals surface area contributed by atoms with Gasteiger partial charge in [-0.2, -0.15) is 0 Å². The van der Waals surface area contributed by atoms with Crippen LogP contribution in [0.3, 0.4) is 0 Å². The molecule has 1 aromatic carbocycles. The van der Waals surface area contributed by atoms with Crippen molar-refractivity contribution in [3.05, 3.63) is 35.4 Å². The van der Waals surface area contributed by atoms with Crippen LogP contribution in [0.15, 0.2) is 24.3 Å². The number of nitrogens with one attached hydrogen (secondary N) is 1. The molecule has 1 unspecified atom stereocenters. The highest BCUT2D eigenvalue weighted by atomic mass is 16.1. The molecule has 2 rings (SSSR count). The SMILES string of the molecule is CC1(C)NC(C=O)Cc2ccccc21. The lowest BCUT2D eigenvalue weighted by Crippen LogP contribution is -2.49. The van der Waals surface area contributed by atoms with Gasteiger partial charge in [0, 0.05) is 5.54 Å². The van der Waals surface area contributed by atoms with Gasteiger partial charge in [-0.15, -0.1) is 0 Å². The Labute approximate surface area is 84.3 Å². The molecule has 0 saturated carbocycles. The molecular formula is C12H15NO. The molecular weight excluding hydrogens is 174 g/mol. The molecule has 0 fully saturated rings. The van der Waals surface area contributed by atoms with Gasteiger partial charge >= 0.3 is 0 Å². The van der Waals surface area contributed by atoms with Gasteiger partial charge in [0.1, 0.15) is 6.29 Å². The highest BCUT2D eigenvalue weighted by molar-refractivity contribution is 5.60. The van der Waals surface area contributed by atoms with Gasteiger partial charge in [-0.3, -0.25) is 5.32 Å². The molecule has 1 aliphatic rings. The van der Waals surface area contributed by atoms with Crippen molar-refractivity contribution >= 4 is 6.29 Å². The standard InChI is InChI=1S/C12H15NO/c1-12(2)11-6-4-3-5-9(11)7-10(8-14)13-12/h3-6,8,10,13H,7H2,1-2H3. The zero-order chi connectivity index (χ0) is 10.2. The lowest BCUT2D eigenvalue weighted by molar-refractivity contribution is -0.110. The minimum atomic E-state index is -0.0968. The number of rotatable bonds is 1. The Morgan fingerprint density at radius 3 is 2.86 bits per heavy atom. The van der Waals surface area contributed by atoms with Crippen LogP contribution >= 0.6 is 0 Å². The first-order valence-corrected chi connectivity index (χ1v) is 4.95. The van der Waals surface area contributed by atoms with Crippen molar-refractivity contribution in [1.82, 2.24) is 5.32 Å². The predicted molar refractivity (Wildman–Crippen MR) is 56.2 cm³/mol. The molecule has 1 N–H and O–H groups in total. The smallest absolute Gasteiger partial charge is 0.137 e. The van der Waals surface area contributed by atoms with Gasteiger partial charge in [0.2, 0.25) is 0 Å². The first-order valence-electron chi connectivity index (χ1n) is 4.95. The van der Waals surface area contributed by atoms with E-state index in [4.69, 9.17) is 0 Å². The molecule has 2 nitrogen and oxygen atoms in total. The summed E-state index contributed by atoms with van der Waals surface area (Å²) in [5.41, 5.74) is 2.49. The summed E-state index contributed by atoms with van der Waals surface area (Å²) in [5, 5.41) is 3.33. The number of carbonyl (C=O) groups excluding carboxylic acids is 1. The van der Waals surface area contributed by atoms with E-state index in [1.165, 1.54) is 11.1 Å². The van der Waals surface area contributed by atoms with Crippen LogP contribution in [0.4, 0.5) is 0 Å². The van der Waals surface area contributed by atoms with Crippen LogP contribution in [0.2, 0.25) is 0 Å². The maximum Gasteiger partial charge on any atom is 0.137 e. The lowest BCUT2D eigenvalue weighted by Gasteiger charge is -2.37. The van der Waals surface area contributed by atoms with E-state index >= 15 is 0 Å². The molecule has 0 spiro atoms. The Morgan fingerprint density at radius 2 is 2.14 bits per heavy atom. The van der Waals surface area contributed by atoms with Crippen LogP contribution < -0.4 is 5.32 Å². The highest BCUT2D eigenvalue weighted by Crippen LogP contribution is 2.29. The van der Waals surface area contributed by atoms with Gasteiger partial charge in [0.05, 0.1) is 6.04 Å². The second-order valence-corrected chi connectivity index (χ2v) is 4.37. The molecule has 1 heterocycles. The van der Waals surface area contributed by atoms with E-state index in [0.29, 0.717) is 0 Å². The number of hydrogen-bond acceptors (Lipinski definition) is 2. The van der Waals surface area contributed by atoms with Crippen LogP contribution in [0.1, 0.15) is 25.0 Å². The second kappa shape index (κ2) is 3.21. The zero-order valence-corrected chi connectivity index (χ0v) is 8.58. The first-order chi connectivity index (χ1) is 6.63. The normalized spacial score (nSPS) is 24.0.